The van der Waals surface area contributed by atoms with E-state index in [9.17, 15) is 4.79 Å². The SMILES string of the molecule is C=CCC(O[Si](C)(C)C)C(=O)OCC. The minimum atomic E-state index is -1.70. The summed E-state index contributed by atoms with van der Waals surface area (Å²) in [5.41, 5.74) is 0. The molecule has 0 radical (unpaired) electrons. The zero-order valence-electron chi connectivity index (χ0n) is 9.50. The van der Waals surface area contributed by atoms with Crippen LogP contribution in [0.25, 0.3) is 0 Å². The van der Waals surface area contributed by atoms with Gasteiger partial charge in [-0.3, -0.25) is 0 Å². The van der Waals surface area contributed by atoms with Crippen LogP contribution >= 0.6 is 0 Å². The molecule has 0 fully saturated rings. The molecule has 0 aromatic heterocycles. The molecule has 0 aromatic rings. The number of ether oxygens (including phenoxy) is 1. The lowest BCUT2D eigenvalue weighted by Crippen LogP contribution is -2.37. The van der Waals surface area contributed by atoms with Crippen molar-refractivity contribution in [2.45, 2.75) is 39.1 Å². The van der Waals surface area contributed by atoms with E-state index >= 15 is 0 Å². The lowest BCUT2D eigenvalue weighted by Gasteiger charge is -2.23. The Bertz CT molecular complexity index is 196. The molecule has 0 N–H and O–H groups in total. The van der Waals surface area contributed by atoms with Gasteiger partial charge in [-0.2, -0.15) is 0 Å². The van der Waals surface area contributed by atoms with E-state index in [1.807, 2.05) is 19.6 Å². The zero-order chi connectivity index (χ0) is 11.2. The summed E-state index contributed by atoms with van der Waals surface area (Å²) >= 11 is 0. The van der Waals surface area contributed by atoms with Crippen LogP contribution in [0, 0.1) is 0 Å². The third-order valence-corrected chi connectivity index (χ3v) is 2.42. The first-order valence-corrected chi connectivity index (χ1v) is 8.27. The highest BCUT2D eigenvalue weighted by Gasteiger charge is 2.26. The van der Waals surface area contributed by atoms with Crippen molar-refractivity contribution < 1.29 is 14.0 Å². The van der Waals surface area contributed by atoms with E-state index < -0.39 is 14.4 Å². The molecule has 0 rings (SSSR count). The third kappa shape index (κ3) is 5.94. The molecular formula is C10H20O3Si. The van der Waals surface area contributed by atoms with Gasteiger partial charge in [0, 0.05) is 6.42 Å². The van der Waals surface area contributed by atoms with Gasteiger partial charge in [-0.15, -0.1) is 6.58 Å². The molecule has 14 heavy (non-hydrogen) atoms. The molecule has 0 amide bonds. The minimum Gasteiger partial charge on any atom is -0.464 e. The molecule has 0 aliphatic rings. The van der Waals surface area contributed by atoms with E-state index in [0.29, 0.717) is 13.0 Å². The predicted octanol–water partition coefficient (Wildman–Crippen LogP) is 2.35. The highest BCUT2D eigenvalue weighted by molar-refractivity contribution is 6.69. The maximum atomic E-state index is 11.4. The maximum absolute atomic E-state index is 11.4. The van der Waals surface area contributed by atoms with E-state index in [0.717, 1.165) is 0 Å². The summed E-state index contributed by atoms with van der Waals surface area (Å²) in [6.45, 7) is 11.9. The molecule has 0 aliphatic heterocycles. The highest BCUT2D eigenvalue weighted by atomic mass is 28.4. The molecule has 0 saturated carbocycles. The zero-order valence-corrected chi connectivity index (χ0v) is 10.5. The number of carbonyl (C=O) groups is 1. The first-order valence-electron chi connectivity index (χ1n) is 4.86. The first kappa shape index (κ1) is 13.4. The van der Waals surface area contributed by atoms with Gasteiger partial charge >= 0.3 is 5.97 Å². The van der Waals surface area contributed by atoms with Gasteiger partial charge in [0.25, 0.3) is 0 Å². The fraction of sp³-hybridized carbons (Fsp3) is 0.700. The molecule has 0 bridgehead atoms. The van der Waals surface area contributed by atoms with Crippen LogP contribution in [0.2, 0.25) is 19.6 Å². The largest absolute Gasteiger partial charge is 0.464 e. The van der Waals surface area contributed by atoms with E-state index in [2.05, 4.69) is 6.58 Å². The summed E-state index contributed by atoms with van der Waals surface area (Å²) in [5.74, 6) is -0.283. The Morgan fingerprint density at radius 1 is 1.50 bits per heavy atom. The van der Waals surface area contributed by atoms with Gasteiger partial charge in [0.05, 0.1) is 6.61 Å². The second kappa shape index (κ2) is 5.98. The second-order valence-electron chi connectivity index (χ2n) is 4.00. The van der Waals surface area contributed by atoms with Crippen molar-refractivity contribution in [2.75, 3.05) is 6.61 Å². The number of hydrogen-bond acceptors (Lipinski definition) is 3. The van der Waals surface area contributed by atoms with Crippen LogP contribution in [0.3, 0.4) is 0 Å². The van der Waals surface area contributed by atoms with Gasteiger partial charge < -0.3 is 9.16 Å². The van der Waals surface area contributed by atoms with Crippen molar-refractivity contribution in [1.29, 1.82) is 0 Å². The first-order chi connectivity index (χ1) is 6.40. The average Bonchev–Trinajstić information content (AvgIpc) is 2.01. The normalized spacial score (nSPS) is 13.4. The van der Waals surface area contributed by atoms with Crippen molar-refractivity contribution >= 4 is 14.3 Å². The molecule has 4 heteroatoms. The van der Waals surface area contributed by atoms with Crippen LogP contribution in [0.15, 0.2) is 12.7 Å². The van der Waals surface area contributed by atoms with E-state index in [-0.39, 0.29) is 5.97 Å². The summed E-state index contributed by atoms with van der Waals surface area (Å²) in [6, 6.07) is 0. The summed E-state index contributed by atoms with van der Waals surface area (Å²) in [4.78, 5) is 11.4. The molecule has 0 aliphatic carbocycles. The van der Waals surface area contributed by atoms with Crippen molar-refractivity contribution in [3.63, 3.8) is 0 Å². The van der Waals surface area contributed by atoms with E-state index in [1.165, 1.54) is 0 Å². The van der Waals surface area contributed by atoms with Gasteiger partial charge in [0.2, 0.25) is 0 Å². The molecule has 0 saturated heterocycles. The second-order valence-corrected chi connectivity index (χ2v) is 8.46. The van der Waals surface area contributed by atoms with Crippen LogP contribution in [0.4, 0.5) is 0 Å². The van der Waals surface area contributed by atoms with Crippen LogP contribution in [-0.4, -0.2) is 27.0 Å². The fourth-order valence-electron chi connectivity index (χ4n) is 1.01. The number of hydrogen-bond donors (Lipinski definition) is 0. The third-order valence-electron chi connectivity index (χ3n) is 1.43. The van der Waals surface area contributed by atoms with E-state index in [1.54, 1.807) is 13.0 Å². The molecule has 1 atom stereocenters. The monoisotopic (exact) mass is 216 g/mol. The van der Waals surface area contributed by atoms with Crippen molar-refractivity contribution in [2.24, 2.45) is 0 Å². The molecular weight excluding hydrogens is 196 g/mol. The van der Waals surface area contributed by atoms with Gasteiger partial charge in [0.15, 0.2) is 8.32 Å². The van der Waals surface area contributed by atoms with Gasteiger partial charge in [0.1, 0.15) is 6.10 Å². The topological polar surface area (TPSA) is 35.5 Å². The summed E-state index contributed by atoms with van der Waals surface area (Å²) in [5, 5.41) is 0. The lowest BCUT2D eigenvalue weighted by atomic mass is 10.2. The van der Waals surface area contributed by atoms with Gasteiger partial charge in [-0.05, 0) is 26.6 Å². The van der Waals surface area contributed by atoms with Crippen molar-refractivity contribution in [3.05, 3.63) is 12.7 Å². The standard InChI is InChI=1S/C10H20O3Si/c1-6-8-9(10(11)12-7-2)13-14(3,4)5/h6,9H,1,7-8H2,2-5H3. The Kier molecular flexibility index (Phi) is 5.72. The molecule has 0 aromatic carbocycles. The highest BCUT2D eigenvalue weighted by Crippen LogP contribution is 2.11. The number of carbonyl (C=O) groups excluding carboxylic acids is 1. The Morgan fingerprint density at radius 2 is 2.07 bits per heavy atom. The molecule has 0 heterocycles. The van der Waals surface area contributed by atoms with Gasteiger partial charge in [-0.1, -0.05) is 6.08 Å². The molecule has 1 unspecified atom stereocenters. The molecule has 3 nitrogen and oxygen atoms in total. The van der Waals surface area contributed by atoms with Crippen LogP contribution in [0.1, 0.15) is 13.3 Å². The summed E-state index contributed by atoms with van der Waals surface area (Å²) in [6.07, 6.45) is 1.73. The predicted molar refractivity (Wildman–Crippen MR) is 59.7 cm³/mol. The Balaban J connectivity index is 4.28. The lowest BCUT2D eigenvalue weighted by molar-refractivity contribution is -0.151. The van der Waals surface area contributed by atoms with Crippen LogP contribution < -0.4 is 0 Å². The average molecular weight is 216 g/mol. The number of esters is 1. The van der Waals surface area contributed by atoms with Crippen LogP contribution in [-0.2, 0) is 14.0 Å². The van der Waals surface area contributed by atoms with Crippen molar-refractivity contribution in [1.82, 2.24) is 0 Å². The Labute approximate surface area is 87.2 Å². The van der Waals surface area contributed by atoms with E-state index in [4.69, 9.17) is 9.16 Å². The Morgan fingerprint density at radius 3 is 2.43 bits per heavy atom. The Hall–Kier alpha value is -0.613. The van der Waals surface area contributed by atoms with Crippen molar-refractivity contribution in [3.8, 4) is 0 Å². The molecule has 82 valence electrons. The number of rotatable bonds is 6. The van der Waals surface area contributed by atoms with Crippen LogP contribution in [0.5, 0.6) is 0 Å². The quantitative estimate of drug-likeness (QED) is 0.388. The fourth-order valence-corrected chi connectivity index (χ4v) is 2.05. The molecule has 0 spiro atoms. The summed E-state index contributed by atoms with van der Waals surface area (Å²) in [7, 11) is -1.70. The maximum Gasteiger partial charge on any atom is 0.334 e. The van der Waals surface area contributed by atoms with Gasteiger partial charge in [-0.25, -0.2) is 4.79 Å². The minimum absolute atomic E-state index is 0.283. The smallest absolute Gasteiger partial charge is 0.334 e. The summed E-state index contributed by atoms with van der Waals surface area (Å²) < 4.78 is 10.6.